The zero-order valence-electron chi connectivity index (χ0n) is 11.9. The Kier molecular flexibility index (Phi) is 4.31. The largest absolute Gasteiger partial charge is 0.353 e. The Balaban J connectivity index is 1.90. The lowest BCUT2D eigenvalue weighted by Gasteiger charge is -2.33. The zero-order valence-corrected chi connectivity index (χ0v) is 11.9. The summed E-state index contributed by atoms with van der Waals surface area (Å²) in [6.45, 7) is 4.20. The summed E-state index contributed by atoms with van der Waals surface area (Å²) in [6.07, 6.45) is 9.56. The number of rotatable bonds is 3. The van der Waals surface area contributed by atoms with Gasteiger partial charge in [0.05, 0.1) is 5.41 Å². The monoisotopic (exact) mass is 252 g/mol. The second-order valence-electron chi connectivity index (χ2n) is 6.58. The Morgan fingerprint density at radius 3 is 2.44 bits per heavy atom. The molecule has 2 fully saturated rings. The number of amides is 1. The first-order valence-electron chi connectivity index (χ1n) is 7.60. The number of carbonyl (C=O) groups is 1. The Hall–Kier alpha value is -0.570. The van der Waals surface area contributed by atoms with Crippen LogP contribution in [0.4, 0.5) is 0 Å². The summed E-state index contributed by atoms with van der Waals surface area (Å²) in [4.78, 5) is 12.4. The van der Waals surface area contributed by atoms with Crippen LogP contribution in [0.15, 0.2) is 0 Å². The van der Waals surface area contributed by atoms with Gasteiger partial charge in [0.2, 0.25) is 5.91 Å². The predicted molar refractivity (Wildman–Crippen MR) is 74.1 cm³/mol. The second-order valence-corrected chi connectivity index (χ2v) is 6.58. The molecular formula is C15H28N2O. The molecular weight excluding hydrogens is 224 g/mol. The van der Waals surface area contributed by atoms with E-state index in [1.54, 1.807) is 0 Å². The zero-order chi connectivity index (χ0) is 13.2. The molecule has 2 rings (SSSR count). The molecule has 0 radical (unpaired) electrons. The minimum atomic E-state index is -0.330. The third kappa shape index (κ3) is 2.71. The van der Waals surface area contributed by atoms with Crippen molar-refractivity contribution in [1.82, 2.24) is 5.32 Å². The van der Waals surface area contributed by atoms with E-state index in [4.69, 9.17) is 5.73 Å². The second kappa shape index (κ2) is 5.60. The van der Waals surface area contributed by atoms with Gasteiger partial charge in [-0.1, -0.05) is 25.7 Å². The van der Waals surface area contributed by atoms with Crippen LogP contribution in [0.1, 0.15) is 65.2 Å². The molecule has 3 heteroatoms. The van der Waals surface area contributed by atoms with E-state index in [-0.39, 0.29) is 17.4 Å². The molecule has 0 bridgehead atoms. The van der Waals surface area contributed by atoms with Crippen LogP contribution in [0.2, 0.25) is 0 Å². The molecule has 0 aromatic carbocycles. The average Bonchev–Trinajstić information content (AvgIpc) is 2.72. The number of nitrogens with one attached hydrogen (secondary N) is 1. The van der Waals surface area contributed by atoms with Crippen molar-refractivity contribution >= 4 is 5.91 Å². The number of nitrogens with two attached hydrogens (primary N) is 1. The quantitative estimate of drug-likeness (QED) is 0.811. The summed E-state index contributed by atoms with van der Waals surface area (Å²) in [5.41, 5.74) is 5.78. The van der Waals surface area contributed by atoms with Crippen molar-refractivity contribution in [2.24, 2.45) is 17.1 Å². The maximum atomic E-state index is 12.4. The number of hydrogen-bond acceptors (Lipinski definition) is 2. The fraction of sp³-hybridized carbons (Fsp3) is 0.933. The van der Waals surface area contributed by atoms with Crippen LogP contribution < -0.4 is 11.1 Å². The van der Waals surface area contributed by atoms with Gasteiger partial charge in [0.25, 0.3) is 0 Å². The lowest BCUT2D eigenvalue weighted by atomic mass is 9.81. The van der Waals surface area contributed by atoms with Crippen LogP contribution in [0, 0.1) is 11.3 Å². The molecule has 2 aliphatic rings. The molecule has 0 saturated heterocycles. The molecule has 2 unspecified atom stereocenters. The first-order valence-corrected chi connectivity index (χ1v) is 7.60. The summed E-state index contributed by atoms with van der Waals surface area (Å²) in [5, 5.41) is 3.24. The lowest BCUT2D eigenvalue weighted by molar-refractivity contribution is -0.131. The minimum Gasteiger partial charge on any atom is -0.353 e. The number of hydrogen-bond donors (Lipinski definition) is 2. The summed E-state index contributed by atoms with van der Waals surface area (Å²) in [5.74, 6) is 0.856. The van der Waals surface area contributed by atoms with Crippen molar-refractivity contribution in [2.75, 3.05) is 0 Å². The Labute approximate surface area is 111 Å². The van der Waals surface area contributed by atoms with Gasteiger partial charge in [0, 0.05) is 12.1 Å². The first-order chi connectivity index (χ1) is 8.54. The van der Waals surface area contributed by atoms with E-state index < -0.39 is 0 Å². The molecule has 2 aliphatic carbocycles. The summed E-state index contributed by atoms with van der Waals surface area (Å²) >= 11 is 0. The third-order valence-electron chi connectivity index (χ3n) is 5.26. The van der Waals surface area contributed by atoms with Gasteiger partial charge in [0.15, 0.2) is 0 Å². The van der Waals surface area contributed by atoms with Crippen LogP contribution in [0.5, 0.6) is 0 Å². The van der Waals surface area contributed by atoms with Crippen molar-refractivity contribution in [3.05, 3.63) is 0 Å². The van der Waals surface area contributed by atoms with Crippen molar-refractivity contribution in [3.8, 4) is 0 Å². The highest BCUT2D eigenvalue weighted by atomic mass is 16.2. The van der Waals surface area contributed by atoms with Gasteiger partial charge in [-0.3, -0.25) is 4.79 Å². The Morgan fingerprint density at radius 1 is 1.22 bits per heavy atom. The highest BCUT2D eigenvalue weighted by Crippen LogP contribution is 2.37. The first kappa shape index (κ1) is 13.9. The van der Waals surface area contributed by atoms with Crippen molar-refractivity contribution in [1.29, 1.82) is 0 Å². The fourth-order valence-electron chi connectivity index (χ4n) is 3.60. The molecule has 3 atom stereocenters. The highest BCUT2D eigenvalue weighted by molar-refractivity contribution is 5.83. The van der Waals surface area contributed by atoms with E-state index in [1.165, 1.54) is 32.1 Å². The van der Waals surface area contributed by atoms with E-state index in [1.807, 2.05) is 6.92 Å². The van der Waals surface area contributed by atoms with Crippen LogP contribution in [0.25, 0.3) is 0 Å². The van der Waals surface area contributed by atoms with Gasteiger partial charge in [-0.25, -0.2) is 0 Å². The molecule has 0 aromatic heterocycles. The van der Waals surface area contributed by atoms with Crippen LogP contribution in [-0.2, 0) is 4.79 Å². The van der Waals surface area contributed by atoms with Crippen molar-refractivity contribution < 1.29 is 4.79 Å². The molecule has 1 amide bonds. The lowest BCUT2D eigenvalue weighted by Crippen LogP contribution is -2.51. The van der Waals surface area contributed by atoms with E-state index >= 15 is 0 Å². The van der Waals surface area contributed by atoms with Gasteiger partial charge >= 0.3 is 0 Å². The molecule has 0 heterocycles. The molecule has 0 aliphatic heterocycles. The maximum absolute atomic E-state index is 12.4. The normalized spacial score (nSPS) is 35.4. The SMILES string of the molecule is C[C@@H](NC(=O)C1(C)CCCC1N)C1CCCCC1. The molecule has 0 spiro atoms. The molecule has 3 N–H and O–H groups in total. The van der Waals surface area contributed by atoms with E-state index in [0.717, 1.165) is 19.3 Å². The minimum absolute atomic E-state index is 0.0380. The van der Waals surface area contributed by atoms with Crippen LogP contribution >= 0.6 is 0 Å². The van der Waals surface area contributed by atoms with Gasteiger partial charge in [0.1, 0.15) is 0 Å². The van der Waals surface area contributed by atoms with E-state index in [2.05, 4.69) is 12.2 Å². The third-order valence-corrected chi connectivity index (χ3v) is 5.26. The van der Waals surface area contributed by atoms with Gasteiger partial charge in [-0.2, -0.15) is 0 Å². The van der Waals surface area contributed by atoms with Crippen molar-refractivity contribution in [2.45, 2.75) is 77.3 Å². The van der Waals surface area contributed by atoms with Crippen molar-refractivity contribution in [3.63, 3.8) is 0 Å². The summed E-state index contributed by atoms with van der Waals surface area (Å²) in [7, 11) is 0. The van der Waals surface area contributed by atoms with Crippen LogP contribution in [0.3, 0.4) is 0 Å². The fourth-order valence-corrected chi connectivity index (χ4v) is 3.60. The Morgan fingerprint density at radius 2 is 1.89 bits per heavy atom. The summed E-state index contributed by atoms with van der Waals surface area (Å²) in [6, 6.07) is 0.346. The van der Waals surface area contributed by atoms with E-state index in [0.29, 0.717) is 12.0 Å². The van der Waals surface area contributed by atoms with E-state index in [9.17, 15) is 4.79 Å². The average molecular weight is 252 g/mol. The topological polar surface area (TPSA) is 55.1 Å². The molecule has 2 saturated carbocycles. The molecule has 3 nitrogen and oxygen atoms in total. The summed E-state index contributed by atoms with van der Waals surface area (Å²) < 4.78 is 0. The smallest absolute Gasteiger partial charge is 0.227 e. The maximum Gasteiger partial charge on any atom is 0.227 e. The van der Waals surface area contributed by atoms with Gasteiger partial charge in [-0.15, -0.1) is 0 Å². The Bertz CT molecular complexity index is 299. The molecule has 0 aromatic rings. The van der Waals surface area contributed by atoms with Gasteiger partial charge < -0.3 is 11.1 Å². The highest BCUT2D eigenvalue weighted by Gasteiger charge is 2.43. The molecule has 104 valence electrons. The standard InChI is InChI=1S/C15H28N2O/c1-11(12-7-4-3-5-8-12)17-14(18)15(2)10-6-9-13(15)16/h11-13H,3-10,16H2,1-2H3,(H,17,18)/t11-,13?,15?/m1/s1. The van der Waals surface area contributed by atoms with Gasteiger partial charge in [-0.05, 0) is 45.4 Å². The molecule has 18 heavy (non-hydrogen) atoms. The van der Waals surface area contributed by atoms with Crippen LogP contribution in [-0.4, -0.2) is 18.0 Å². The predicted octanol–water partition coefficient (Wildman–Crippen LogP) is 2.59. The number of carbonyl (C=O) groups excluding carboxylic acids is 1.